The lowest BCUT2D eigenvalue weighted by molar-refractivity contribution is 0.546. The molecule has 0 saturated carbocycles. The molecule has 0 fully saturated rings. The Hall–Kier alpha value is -1.13. The van der Waals surface area contributed by atoms with Crippen LogP contribution in [0.15, 0.2) is 21.9 Å². The Labute approximate surface area is 92.9 Å². The minimum absolute atomic E-state index is 0.0415. The largest absolute Gasteiger partial charge is 0.460 e. The third-order valence-electron chi connectivity index (χ3n) is 2.27. The molecule has 2 N–H and O–H groups in total. The summed E-state index contributed by atoms with van der Waals surface area (Å²) < 4.78 is 5.50. The maximum atomic E-state index is 5.91. The van der Waals surface area contributed by atoms with Gasteiger partial charge in [-0.3, -0.25) is 0 Å². The van der Waals surface area contributed by atoms with E-state index in [0.29, 0.717) is 0 Å². The molecule has 0 aliphatic heterocycles. The predicted octanol–water partition coefficient (Wildman–Crippen LogP) is 3.12. The van der Waals surface area contributed by atoms with Crippen LogP contribution in [0.3, 0.4) is 0 Å². The van der Waals surface area contributed by atoms with Gasteiger partial charge in [0.15, 0.2) is 5.76 Å². The van der Waals surface area contributed by atoms with Crippen LogP contribution in [-0.2, 0) is 0 Å². The van der Waals surface area contributed by atoms with Crippen LogP contribution in [0.25, 0.3) is 11.5 Å². The van der Waals surface area contributed by atoms with Crippen molar-refractivity contribution in [1.82, 2.24) is 4.98 Å². The first-order valence-electron chi connectivity index (χ1n) is 4.98. The number of hydrogen-bond donors (Lipinski definition) is 1. The van der Waals surface area contributed by atoms with Gasteiger partial charge in [-0.25, -0.2) is 4.98 Å². The van der Waals surface area contributed by atoms with E-state index < -0.39 is 0 Å². The second-order valence-corrected chi connectivity index (χ2v) is 4.39. The minimum atomic E-state index is 0.0415. The fourth-order valence-corrected chi connectivity index (χ4v) is 2.21. The molecule has 3 nitrogen and oxygen atoms in total. The van der Waals surface area contributed by atoms with Gasteiger partial charge in [-0.2, -0.15) is 0 Å². The second-order valence-electron chi connectivity index (χ2n) is 3.50. The summed E-state index contributed by atoms with van der Waals surface area (Å²) in [5.74, 6) is 1.72. The van der Waals surface area contributed by atoms with Gasteiger partial charge < -0.3 is 10.2 Å². The predicted molar refractivity (Wildman–Crippen MR) is 61.8 cm³/mol. The summed E-state index contributed by atoms with van der Waals surface area (Å²) in [5, 5.41) is 2.96. The van der Waals surface area contributed by atoms with Crippen LogP contribution in [0.4, 0.5) is 0 Å². The van der Waals surface area contributed by atoms with E-state index in [2.05, 4.69) is 11.9 Å². The molecule has 0 aliphatic rings. The van der Waals surface area contributed by atoms with E-state index in [4.69, 9.17) is 10.2 Å². The first kappa shape index (κ1) is 10.4. The van der Waals surface area contributed by atoms with Crippen molar-refractivity contribution < 1.29 is 4.42 Å². The molecule has 0 amide bonds. The summed E-state index contributed by atoms with van der Waals surface area (Å²) >= 11 is 1.59. The van der Waals surface area contributed by atoms with Crippen molar-refractivity contribution in [2.45, 2.75) is 26.3 Å². The van der Waals surface area contributed by atoms with Crippen molar-refractivity contribution in [1.29, 1.82) is 0 Å². The number of nitrogens with two attached hydrogens (primary N) is 1. The lowest BCUT2D eigenvalue weighted by Gasteiger charge is -2.01. The Morgan fingerprint density at radius 1 is 1.53 bits per heavy atom. The maximum Gasteiger partial charge on any atom is 0.153 e. The summed E-state index contributed by atoms with van der Waals surface area (Å²) in [6.07, 6.45) is 0.907. The van der Waals surface area contributed by atoms with Gasteiger partial charge in [0.2, 0.25) is 0 Å². The van der Waals surface area contributed by atoms with Crippen molar-refractivity contribution in [3.63, 3.8) is 0 Å². The highest BCUT2D eigenvalue weighted by molar-refractivity contribution is 7.10. The molecule has 4 heteroatoms. The lowest BCUT2D eigenvalue weighted by Crippen LogP contribution is -2.07. The van der Waals surface area contributed by atoms with E-state index in [1.54, 1.807) is 11.3 Å². The van der Waals surface area contributed by atoms with Crippen LogP contribution in [-0.4, -0.2) is 4.98 Å². The van der Waals surface area contributed by atoms with Crippen LogP contribution in [0.1, 0.15) is 30.2 Å². The van der Waals surface area contributed by atoms with Crippen molar-refractivity contribution in [3.8, 4) is 11.5 Å². The summed E-state index contributed by atoms with van der Waals surface area (Å²) in [6, 6.07) is 3.92. The summed E-state index contributed by atoms with van der Waals surface area (Å²) in [4.78, 5) is 4.46. The minimum Gasteiger partial charge on any atom is -0.460 e. The van der Waals surface area contributed by atoms with Gasteiger partial charge in [0.1, 0.15) is 16.5 Å². The third-order valence-corrected chi connectivity index (χ3v) is 3.25. The quantitative estimate of drug-likeness (QED) is 0.868. The molecule has 2 aromatic rings. The molecule has 0 aromatic carbocycles. The molecule has 0 saturated heterocycles. The van der Waals surface area contributed by atoms with Gasteiger partial charge in [-0.15, -0.1) is 11.3 Å². The topological polar surface area (TPSA) is 52.0 Å². The number of aryl methyl sites for hydroxylation is 1. The van der Waals surface area contributed by atoms with E-state index in [1.165, 1.54) is 0 Å². The molecule has 15 heavy (non-hydrogen) atoms. The normalized spacial score (nSPS) is 13.0. The molecule has 2 aromatic heterocycles. The molecule has 2 rings (SSSR count). The van der Waals surface area contributed by atoms with Crippen LogP contribution < -0.4 is 5.73 Å². The number of nitrogens with zero attached hydrogens (tertiary/aromatic N) is 1. The average molecular weight is 222 g/mol. The molecule has 1 atom stereocenters. The zero-order valence-corrected chi connectivity index (χ0v) is 9.67. The van der Waals surface area contributed by atoms with Crippen LogP contribution in [0.5, 0.6) is 0 Å². The highest BCUT2D eigenvalue weighted by atomic mass is 32.1. The van der Waals surface area contributed by atoms with Crippen molar-refractivity contribution in [2.75, 3.05) is 0 Å². The van der Waals surface area contributed by atoms with E-state index in [9.17, 15) is 0 Å². The first-order chi connectivity index (χ1) is 7.20. The number of furan rings is 1. The van der Waals surface area contributed by atoms with Crippen molar-refractivity contribution in [2.24, 2.45) is 5.73 Å². The smallest absolute Gasteiger partial charge is 0.153 e. The zero-order chi connectivity index (χ0) is 10.8. The van der Waals surface area contributed by atoms with Gasteiger partial charge in [-0.1, -0.05) is 6.92 Å². The van der Waals surface area contributed by atoms with Crippen molar-refractivity contribution in [3.05, 3.63) is 28.3 Å². The molecule has 1 unspecified atom stereocenters. The van der Waals surface area contributed by atoms with E-state index >= 15 is 0 Å². The molecule has 0 radical (unpaired) electrons. The molecule has 2 heterocycles. The number of thiazole rings is 1. The number of rotatable bonds is 3. The summed E-state index contributed by atoms with van der Waals surface area (Å²) in [6.45, 7) is 3.98. The van der Waals surface area contributed by atoms with Crippen LogP contribution >= 0.6 is 11.3 Å². The summed E-state index contributed by atoms with van der Waals surface area (Å²) in [5.41, 5.74) is 6.79. The van der Waals surface area contributed by atoms with Crippen LogP contribution in [0, 0.1) is 6.92 Å². The zero-order valence-electron chi connectivity index (χ0n) is 8.86. The number of hydrogen-bond acceptors (Lipinski definition) is 4. The maximum absolute atomic E-state index is 5.91. The monoisotopic (exact) mass is 222 g/mol. The van der Waals surface area contributed by atoms with Crippen LogP contribution in [0.2, 0.25) is 0 Å². The molecular formula is C11H14N2OS. The number of aromatic nitrogens is 1. The summed E-state index contributed by atoms with van der Waals surface area (Å²) in [7, 11) is 0. The molecule has 0 aliphatic carbocycles. The van der Waals surface area contributed by atoms with E-state index in [-0.39, 0.29) is 6.04 Å². The lowest BCUT2D eigenvalue weighted by atomic mass is 10.2. The third kappa shape index (κ3) is 2.11. The fraction of sp³-hybridized carbons (Fsp3) is 0.364. The Morgan fingerprint density at radius 2 is 2.33 bits per heavy atom. The Morgan fingerprint density at radius 3 is 2.93 bits per heavy atom. The van der Waals surface area contributed by atoms with Gasteiger partial charge in [0.05, 0.1) is 6.04 Å². The molecular weight excluding hydrogens is 208 g/mol. The Kier molecular flexibility index (Phi) is 2.88. The van der Waals surface area contributed by atoms with Crippen molar-refractivity contribution >= 4 is 11.3 Å². The van der Waals surface area contributed by atoms with E-state index in [0.717, 1.165) is 28.6 Å². The highest BCUT2D eigenvalue weighted by Crippen LogP contribution is 2.26. The molecule has 80 valence electrons. The molecule has 0 spiro atoms. The SMILES string of the molecule is CCC(N)c1nc(-c2ccc(C)o2)cs1. The Bertz CT molecular complexity index is 447. The second kappa shape index (κ2) is 4.16. The standard InChI is InChI=1S/C11H14N2OS/c1-3-8(12)11-13-9(6-15-11)10-5-4-7(2)14-10/h4-6,8H,3,12H2,1-2H3. The molecule has 0 bridgehead atoms. The van der Waals surface area contributed by atoms with E-state index in [1.807, 2.05) is 24.4 Å². The van der Waals surface area contributed by atoms with Gasteiger partial charge >= 0.3 is 0 Å². The first-order valence-corrected chi connectivity index (χ1v) is 5.86. The average Bonchev–Trinajstić information content (AvgIpc) is 2.84. The Balaban J connectivity index is 2.27. The van der Waals surface area contributed by atoms with Gasteiger partial charge in [0, 0.05) is 5.38 Å². The fourth-order valence-electron chi connectivity index (χ4n) is 1.32. The van der Waals surface area contributed by atoms with Gasteiger partial charge in [-0.05, 0) is 25.5 Å². The van der Waals surface area contributed by atoms with Gasteiger partial charge in [0.25, 0.3) is 0 Å². The highest BCUT2D eigenvalue weighted by Gasteiger charge is 2.11.